The van der Waals surface area contributed by atoms with Crippen LogP contribution in [0.4, 0.5) is 5.69 Å². The number of hydrogen-bond acceptors (Lipinski definition) is 5. The van der Waals surface area contributed by atoms with Gasteiger partial charge in [0, 0.05) is 11.8 Å². The third-order valence-corrected chi connectivity index (χ3v) is 3.54. The molecule has 1 fully saturated rings. The van der Waals surface area contributed by atoms with Gasteiger partial charge in [0.05, 0.1) is 24.9 Å². The van der Waals surface area contributed by atoms with E-state index >= 15 is 0 Å². The predicted octanol–water partition coefficient (Wildman–Crippen LogP) is 2.04. The number of benzene rings is 1. The van der Waals surface area contributed by atoms with E-state index in [2.05, 4.69) is 15.6 Å². The van der Waals surface area contributed by atoms with Crippen LogP contribution in [0, 0.1) is 0 Å². The van der Waals surface area contributed by atoms with Crippen molar-refractivity contribution in [1.82, 2.24) is 10.3 Å². The van der Waals surface area contributed by atoms with Crippen LogP contribution in [0.2, 0.25) is 0 Å². The number of aromatic nitrogens is 1. The van der Waals surface area contributed by atoms with E-state index in [9.17, 15) is 4.79 Å². The Morgan fingerprint density at radius 1 is 1.52 bits per heavy atom. The number of carbonyl (C=O) groups is 1. The Morgan fingerprint density at radius 3 is 3.10 bits per heavy atom. The topological polar surface area (TPSA) is 76.4 Å². The molecule has 1 atom stereocenters. The van der Waals surface area contributed by atoms with Crippen LogP contribution < -0.4 is 15.4 Å². The summed E-state index contributed by atoms with van der Waals surface area (Å²) in [6, 6.07) is 5.35. The zero-order chi connectivity index (χ0) is 14.7. The predicted molar refractivity (Wildman–Crippen MR) is 78.1 cm³/mol. The lowest BCUT2D eigenvalue weighted by Gasteiger charge is -2.13. The first-order valence-corrected chi connectivity index (χ1v) is 6.89. The molecule has 1 aromatic carbocycles. The number of nitrogens with one attached hydrogen (secondary N) is 2. The van der Waals surface area contributed by atoms with Crippen molar-refractivity contribution in [2.24, 2.45) is 0 Å². The van der Waals surface area contributed by atoms with E-state index in [0.29, 0.717) is 17.2 Å². The summed E-state index contributed by atoms with van der Waals surface area (Å²) >= 11 is 0. The SMILES string of the molecule is COc1cc(NC(=O)C2CCCN2)ccc1-c1cnco1. The summed E-state index contributed by atoms with van der Waals surface area (Å²) < 4.78 is 10.6. The number of anilines is 1. The van der Waals surface area contributed by atoms with Crippen LogP contribution in [-0.2, 0) is 4.79 Å². The summed E-state index contributed by atoms with van der Waals surface area (Å²) in [5, 5.41) is 6.08. The van der Waals surface area contributed by atoms with Crippen molar-refractivity contribution in [3.8, 4) is 17.1 Å². The first-order valence-electron chi connectivity index (χ1n) is 6.89. The average Bonchev–Trinajstić information content (AvgIpc) is 3.20. The van der Waals surface area contributed by atoms with Gasteiger partial charge in [0.25, 0.3) is 0 Å². The van der Waals surface area contributed by atoms with Gasteiger partial charge in [-0.25, -0.2) is 4.98 Å². The first kappa shape index (κ1) is 13.6. The molecule has 0 spiro atoms. The maximum atomic E-state index is 12.1. The third-order valence-electron chi connectivity index (χ3n) is 3.54. The largest absolute Gasteiger partial charge is 0.496 e. The Balaban J connectivity index is 1.79. The van der Waals surface area contributed by atoms with Gasteiger partial charge in [-0.15, -0.1) is 0 Å². The van der Waals surface area contributed by atoms with E-state index in [4.69, 9.17) is 9.15 Å². The second-order valence-corrected chi connectivity index (χ2v) is 4.92. The molecule has 0 radical (unpaired) electrons. The van der Waals surface area contributed by atoms with Gasteiger partial charge in [0.1, 0.15) is 5.75 Å². The Labute approximate surface area is 122 Å². The summed E-state index contributed by atoms with van der Waals surface area (Å²) in [6.07, 6.45) is 4.90. The second-order valence-electron chi connectivity index (χ2n) is 4.92. The number of nitrogens with zero attached hydrogens (tertiary/aromatic N) is 1. The van der Waals surface area contributed by atoms with Crippen molar-refractivity contribution in [2.45, 2.75) is 18.9 Å². The number of methoxy groups -OCH3 is 1. The fourth-order valence-electron chi connectivity index (χ4n) is 2.46. The summed E-state index contributed by atoms with van der Waals surface area (Å²) in [5.41, 5.74) is 1.50. The smallest absolute Gasteiger partial charge is 0.241 e. The highest BCUT2D eigenvalue weighted by Crippen LogP contribution is 2.32. The molecular formula is C15H17N3O3. The highest BCUT2D eigenvalue weighted by atomic mass is 16.5. The molecule has 6 nitrogen and oxygen atoms in total. The van der Waals surface area contributed by atoms with Gasteiger partial charge in [-0.1, -0.05) is 0 Å². The average molecular weight is 287 g/mol. The van der Waals surface area contributed by atoms with E-state index in [-0.39, 0.29) is 11.9 Å². The highest BCUT2D eigenvalue weighted by molar-refractivity contribution is 5.95. The van der Waals surface area contributed by atoms with Gasteiger partial charge in [0.2, 0.25) is 5.91 Å². The fraction of sp³-hybridized carbons (Fsp3) is 0.333. The maximum absolute atomic E-state index is 12.1. The zero-order valence-electron chi connectivity index (χ0n) is 11.8. The Morgan fingerprint density at radius 2 is 2.43 bits per heavy atom. The summed E-state index contributed by atoms with van der Waals surface area (Å²) in [7, 11) is 1.58. The number of ether oxygens (including phenoxy) is 1. The van der Waals surface area contributed by atoms with Crippen LogP contribution in [0.3, 0.4) is 0 Å². The Kier molecular flexibility index (Phi) is 3.87. The standard InChI is InChI=1S/C15H17N3O3/c1-20-13-7-10(18-15(19)12-3-2-6-17-12)4-5-11(13)14-8-16-9-21-14/h4-5,7-9,12,17H,2-3,6H2,1H3,(H,18,19). The molecule has 3 rings (SSSR count). The normalized spacial score (nSPS) is 17.7. The molecule has 0 aliphatic carbocycles. The highest BCUT2D eigenvalue weighted by Gasteiger charge is 2.22. The van der Waals surface area contributed by atoms with Crippen molar-refractivity contribution in [3.05, 3.63) is 30.8 Å². The molecule has 0 saturated carbocycles. The molecule has 2 N–H and O–H groups in total. The summed E-state index contributed by atoms with van der Waals surface area (Å²) in [4.78, 5) is 16.0. The molecule has 2 heterocycles. The van der Waals surface area contributed by atoms with Gasteiger partial charge in [-0.2, -0.15) is 0 Å². The summed E-state index contributed by atoms with van der Waals surface area (Å²) in [5.74, 6) is 1.24. The van der Waals surface area contributed by atoms with Crippen LogP contribution >= 0.6 is 0 Å². The number of oxazole rings is 1. The lowest BCUT2D eigenvalue weighted by atomic mass is 10.1. The van der Waals surface area contributed by atoms with Crippen molar-refractivity contribution < 1.29 is 13.9 Å². The number of amides is 1. The molecule has 110 valence electrons. The van der Waals surface area contributed by atoms with Crippen molar-refractivity contribution in [3.63, 3.8) is 0 Å². The minimum Gasteiger partial charge on any atom is -0.496 e. The Bertz CT molecular complexity index is 619. The molecule has 1 amide bonds. The molecule has 1 aliphatic rings. The van der Waals surface area contributed by atoms with E-state index in [1.165, 1.54) is 6.39 Å². The van der Waals surface area contributed by atoms with Crippen LogP contribution in [0.1, 0.15) is 12.8 Å². The number of rotatable bonds is 4. The minimum atomic E-state index is -0.107. The first-order chi connectivity index (χ1) is 10.3. The van der Waals surface area contributed by atoms with Crippen LogP contribution in [0.25, 0.3) is 11.3 Å². The van der Waals surface area contributed by atoms with Gasteiger partial charge in [-0.3, -0.25) is 4.79 Å². The molecule has 21 heavy (non-hydrogen) atoms. The van der Waals surface area contributed by atoms with E-state index in [0.717, 1.165) is 24.9 Å². The monoisotopic (exact) mass is 287 g/mol. The second kappa shape index (κ2) is 5.97. The van der Waals surface area contributed by atoms with E-state index in [1.54, 1.807) is 19.4 Å². The van der Waals surface area contributed by atoms with Crippen molar-refractivity contribution in [1.29, 1.82) is 0 Å². The third kappa shape index (κ3) is 2.90. The molecule has 1 aromatic heterocycles. The van der Waals surface area contributed by atoms with Crippen molar-refractivity contribution >= 4 is 11.6 Å². The van der Waals surface area contributed by atoms with Crippen LogP contribution in [-0.4, -0.2) is 30.6 Å². The maximum Gasteiger partial charge on any atom is 0.241 e. The molecule has 1 unspecified atom stereocenters. The fourth-order valence-corrected chi connectivity index (χ4v) is 2.46. The molecular weight excluding hydrogens is 270 g/mol. The minimum absolute atomic E-state index is 0.0121. The van der Waals surface area contributed by atoms with E-state index in [1.807, 2.05) is 12.1 Å². The number of carbonyl (C=O) groups excluding carboxylic acids is 1. The molecule has 6 heteroatoms. The van der Waals surface area contributed by atoms with Crippen molar-refractivity contribution in [2.75, 3.05) is 19.0 Å². The Hall–Kier alpha value is -2.34. The molecule has 2 aromatic rings. The van der Waals surface area contributed by atoms with Gasteiger partial charge >= 0.3 is 0 Å². The van der Waals surface area contributed by atoms with Gasteiger partial charge in [0.15, 0.2) is 12.2 Å². The van der Waals surface area contributed by atoms with E-state index < -0.39 is 0 Å². The molecule has 1 saturated heterocycles. The number of hydrogen-bond donors (Lipinski definition) is 2. The zero-order valence-corrected chi connectivity index (χ0v) is 11.8. The van der Waals surface area contributed by atoms with Gasteiger partial charge < -0.3 is 19.8 Å². The van der Waals surface area contributed by atoms with Gasteiger partial charge in [-0.05, 0) is 31.5 Å². The lowest BCUT2D eigenvalue weighted by molar-refractivity contribution is -0.117. The summed E-state index contributed by atoms with van der Waals surface area (Å²) in [6.45, 7) is 0.895. The quantitative estimate of drug-likeness (QED) is 0.900. The molecule has 0 bridgehead atoms. The van der Waals surface area contributed by atoms with Crippen LogP contribution in [0.15, 0.2) is 35.2 Å². The molecule has 1 aliphatic heterocycles. The lowest BCUT2D eigenvalue weighted by Crippen LogP contribution is -2.35. The van der Waals surface area contributed by atoms with Crippen LogP contribution in [0.5, 0.6) is 5.75 Å².